The van der Waals surface area contributed by atoms with Crippen LogP contribution in [0.2, 0.25) is 0 Å². The van der Waals surface area contributed by atoms with Gasteiger partial charge in [-0.2, -0.15) is 5.10 Å². The summed E-state index contributed by atoms with van der Waals surface area (Å²) in [7, 11) is 0. The lowest BCUT2D eigenvalue weighted by Crippen LogP contribution is -2.34. The third kappa shape index (κ3) is 2.47. The summed E-state index contributed by atoms with van der Waals surface area (Å²) in [5, 5.41) is 4.15. The Hall–Kier alpha value is -2.41. The molecule has 0 saturated carbocycles. The summed E-state index contributed by atoms with van der Waals surface area (Å²) in [6.45, 7) is 4.33. The van der Waals surface area contributed by atoms with Crippen molar-refractivity contribution in [3.63, 3.8) is 0 Å². The zero-order valence-electron chi connectivity index (χ0n) is 11.6. The molecule has 0 aliphatic carbocycles. The number of hydrogen-bond acceptors (Lipinski definition) is 5. The standard InChI is InChI=1S/C14H16N6O/c1-2-13(21-5-1)8-18-3-4-20-12(6-16-14(20)9-18)7-19-11-15-10-17-19/h1-2,5-6,10-11H,3-4,7-9H2. The molecule has 0 aromatic carbocycles. The Morgan fingerprint density at radius 2 is 2.24 bits per heavy atom. The molecule has 3 aromatic heterocycles. The first-order chi connectivity index (χ1) is 10.4. The van der Waals surface area contributed by atoms with Gasteiger partial charge in [0.15, 0.2) is 0 Å². The van der Waals surface area contributed by atoms with Gasteiger partial charge in [-0.15, -0.1) is 0 Å². The Morgan fingerprint density at radius 3 is 3.05 bits per heavy atom. The summed E-state index contributed by atoms with van der Waals surface area (Å²) in [5.74, 6) is 2.10. The quantitative estimate of drug-likeness (QED) is 0.718. The molecule has 1 aliphatic heterocycles. The summed E-state index contributed by atoms with van der Waals surface area (Å²) >= 11 is 0. The van der Waals surface area contributed by atoms with E-state index in [9.17, 15) is 0 Å². The number of nitrogens with zero attached hydrogens (tertiary/aromatic N) is 6. The van der Waals surface area contributed by atoms with Crippen molar-refractivity contribution in [2.45, 2.75) is 26.2 Å². The Morgan fingerprint density at radius 1 is 1.24 bits per heavy atom. The van der Waals surface area contributed by atoms with E-state index in [1.807, 2.05) is 23.0 Å². The fraction of sp³-hybridized carbons (Fsp3) is 0.357. The molecule has 1 aliphatic rings. The lowest BCUT2D eigenvalue weighted by atomic mass is 10.3. The predicted octanol–water partition coefficient (Wildman–Crippen LogP) is 1.13. The van der Waals surface area contributed by atoms with Crippen LogP contribution < -0.4 is 0 Å². The smallest absolute Gasteiger partial charge is 0.137 e. The number of aromatic nitrogens is 5. The zero-order valence-corrected chi connectivity index (χ0v) is 11.6. The third-order valence-electron chi connectivity index (χ3n) is 3.78. The highest BCUT2D eigenvalue weighted by molar-refractivity contribution is 5.08. The molecule has 0 saturated heterocycles. The fourth-order valence-corrected chi connectivity index (χ4v) is 2.74. The molecule has 21 heavy (non-hydrogen) atoms. The molecule has 0 radical (unpaired) electrons. The number of fused-ring (bicyclic) bond motifs is 1. The first-order valence-corrected chi connectivity index (χ1v) is 6.99. The van der Waals surface area contributed by atoms with Crippen LogP contribution in [0.3, 0.4) is 0 Å². The van der Waals surface area contributed by atoms with Gasteiger partial charge in [-0.25, -0.2) is 14.6 Å². The van der Waals surface area contributed by atoms with Crippen LogP contribution in [0, 0.1) is 0 Å². The molecular formula is C14H16N6O. The molecule has 0 fully saturated rings. The van der Waals surface area contributed by atoms with E-state index >= 15 is 0 Å². The fourth-order valence-electron chi connectivity index (χ4n) is 2.74. The van der Waals surface area contributed by atoms with E-state index in [2.05, 4.69) is 24.5 Å². The largest absolute Gasteiger partial charge is 0.468 e. The second-order valence-electron chi connectivity index (χ2n) is 5.20. The Bertz CT molecular complexity index is 700. The van der Waals surface area contributed by atoms with Gasteiger partial charge >= 0.3 is 0 Å². The van der Waals surface area contributed by atoms with E-state index in [0.717, 1.165) is 37.8 Å². The van der Waals surface area contributed by atoms with Crippen molar-refractivity contribution < 1.29 is 4.42 Å². The highest BCUT2D eigenvalue weighted by atomic mass is 16.3. The van der Waals surface area contributed by atoms with Crippen molar-refractivity contribution in [3.05, 3.63) is 54.5 Å². The SMILES string of the molecule is c1coc(CN2CCn3c(Cn4cncn4)cnc3C2)c1. The molecule has 7 nitrogen and oxygen atoms in total. The second-order valence-corrected chi connectivity index (χ2v) is 5.20. The van der Waals surface area contributed by atoms with Crippen LogP contribution in [0.4, 0.5) is 0 Å². The minimum atomic E-state index is 0.713. The summed E-state index contributed by atoms with van der Waals surface area (Å²) in [4.78, 5) is 10.9. The van der Waals surface area contributed by atoms with Gasteiger partial charge in [-0.3, -0.25) is 4.90 Å². The van der Waals surface area contributed by atoms with Gasteiger partial charge in [0.1, 0.15) is 24.2 Å². The molecule has 4 heterocycles. The third-order valence-corrected chi connectivity index (χ3v) is 3.78. The van der Waals surface area contributed by atoms with E-state index in [0.29, 0.717) is 6.54 Å². The first-order valence-electron chi connectivity index (χ1n) is 6.99. The molecule has 0 unspecified atom stereocenters. The van der Waals surface area contributed by atoms with Gasteiger partial charge < -0.3 is 8.98 Å². The number of furan rings is 1. The first kappa shape index (κ1) is 12.3. The van der Waals surface area contributed by atoms with Crippen LogP contribution in [0.15, 0.2) is 41.7 Å². The molecule has 3 aromatic rings. The molecule has 0 amide bonds. The molecular weight excluding hydrogens is 268 g/mol. The molecule has 4 rings (SSSR count). The summed E-state index contributed by atoms with van der Waals surface area (Å²) in [6, 6.07) is 3.94. The average Bonchev–Trinajstić information content (AvgIpc) is 3.22. The highest BCUT2D eigenvalue weighted by Crippen LogP contribution is 2.17. The lowest BCUT2D eigenvalue weighted by molar-refractivity contribution is 0.192. The van der Waals surface area contributed by atoms with Gasteiger partial charge in [0.2, 0.25) is 0 Å². The normalized spacial score (nSPS) is 15.2. The Labute approximate surface area is 121 Å². The van der Waals surface area contributed by atoms with Crippen molar-refractivity contribution in [1.29, 1.82) is 0 Å². The number of hydrogen-bond donors (Lipinski definition) is 0. The van der Waals surface area contributed by atoms with Crippen LogP contribution in [0.5, 0.6) is 0 Å². The van der Waals surface area contributed by atoms with Crippen molar-refractivity contribution in [3.8, 4) is 0 Å². The number of rotatable bonds is 4. The van der Waals surface area contributed by atoms with Gasteiger partial charge in [0.05, 0.1) is 37.8 Å². The molecule has 0 atom stereocenters. The van der Waals surface area contributed by atoms with Crippen LogP contribution in [0.25, 0.3) is 0 Å². The van der Waals surface area contributed by atoms with Crippen LogP contribution >= 0.6 is 0 Å². The topological polar surface area (TPSA) is 64.9 Å². The van der Waals surface area contributed by atoms with Crippen LogP contribution in [-0.4, -0.2) is 35.8 Å². The summed E-state index contributed by atoms with van der Waals surface area (Å²) < 4.78 is 9.51. The van der Waals surface area contributed by atoms with E-state index in [1.165, 1.54) is 5.69 Å². The molecule has 7 heteroatoms. The van der Waals surface area contributed by atoms with Crippen molar-refractivity contribution in [1.82, 2.24) is 29.2 Å². The maximum atomic E-state index is 5.41. The van der Waals surface area contributed by atoms with E-state index < -0.39 is 0 Å². The van der Waals surface area contributed by atoms with Gasteiger partial charge in [0.25, 0.3) is 0 Å². The summed E-state index contributed by atoms with van der Waals surface area (Å²) in [6.07, 6.45) is 6.94. The minimum Gasteiger partial charge on any atom is -0.468 e. The average molecular weight is 284 g/mol. The zero-order chi connectivity index (χ0) is 14.1. The van der Waals surface area contributed by atoms with Crippen LogP contribution in [-0.2, 0) is 26.2 Å². The highest BCUT2D eigenvalue weighted by Gasteiger charge is 2.20. The molecule has 0 bridgehead atoms. The van der Waals surface area contributed by atoms with E-state index in [4.69, 9.17) is 4.42 Å². The Kier molecular flexibility index (Phi) is 3.04. The van der Waals surface area contributed by atoms with Gasteiger partial charge in [-0.05, 0) is 12.1 Å². The summed E-state index contributed by atoms with van der Waals surface area (Å²) in [5.41, 5.74) is 1.17. The van der Waals surface area contributed by atoms with Gasteiger partial charge in [-0.1, -0.05) is 0 Å². The monoisotopic (exact) mass is 284 g/mol. The predicted molar refractivity (Wildman–Crippen MR) is 74.2 cm³/mol. The van der Waals surface area contributed by atoms with Gasteiger partial charge in [0, 0.05) is 13.1 Å². The maximum absolute atomic E-state index is 5.41. The maximum Gasteiger partial charge on any atom is 0.137 e. The molecule has 0 N–H and O–H groups in total. The van der Waals surface area contributed by atoms with Crippen molar-refractivity contribution >= 4 is 0 Å². The number of imidazole rings is 1. The molecule has 108 valence electrons. The molecule has 0 spiro atoms. The van der Waals surface area contributed by atoms with Crippen LogP contribution in [0.1, 0.15) is 17.3 Å². The van der Waals surface area contributed by atoms with Crippen molar-refractivity contribution in [2.75, 3.05) is 6.54 Å². The minimum absolute atomic E-state index is 0.713. The van der Waals surface area contributed by atoms with E-state index in [-0.39, 0.29) is 0 Å². The van der Waals surface area contributed by atoms with Crippen molar-refractivity contribution in [2.24, 2.45) is 0 Å². The second kappa shape index (κ2) is 5.17. The lowest BCUT2D eigenvalue weighted by Gasteiger charge is -2.27. The van der Waals surface area contributed by atoms with E-state index in [1.54, 1.807) is 18.9 Å². The Balaban J connectivity index is 1.48.